The molecule has 0 saturated carbocycles. The van der Waals surface area contributed by atoms with E-state index >= 15 is 0 Å². The van der Waals surface area contributed by atoms with Crippen LogP contribution in [-0.4, -0.2) is 35.1 Å². The molecular weight excluding hydrogens is 544 g/mol. The number of nitrogens with zero attached hydrogens (tertiary/aromatic N) is 1. The van der Waals surface area contributed by atoms with Crippen LogP contribution < -0.4 is 5.32 Å². The molecule has 3 rings (SSSR count). The predicted molar refractivity (Wildman–Crippen MR) is 159 cm³/mol. The van der Waals surface area contributed by atoms with Gasteiger partial charge in [-0.1, -0.05) is 101 Å². The fourth-order valence-corrected chi connectivity index (χ4v) is 5.68. The van der Waals surface area contributed by atoms with Gasteiger partial charge in [0.2, 0.25) is 11.8 Å². The number of hydrogen-bond donors (Lipinski definition) is 1. The van der Waals surface area contributed by atoms with E-state index in [4.69, 9.17) is 0 Å². The fourth-order valence-electron chi connectivity index (χ4n) is 4.38. The summed E-state index contributed by atoms with van der Waals surface area (Å²) in [4.78, 5) is 29.0. The van der Waals surface area contributed by atoms with Crippen LogP contribution in [0.2, 0.25) is 0 Å². The second-order valence-electron chi connectivity index (χ2n) is 9.49. The molecule has 0 unspecified atom stereocenters. The number of amides is 2. The first-order chi connectivity index (χ1) is 17.9. The van der Waals surface area contributed by atoms with Crippen molar-refractivity contribution >= 4 is 39.5 Å². The minimum Gasteiger partial charge on any atom is -0.354 e. The molecule has 0 radical (unpaired) electrons. The molecule has 0 saturated heterocycles. The van der Waals surface area contributed by atoms with Gasteiger partial charge in [-0.05, 0) is 49.1 Å². The van der Waals surface area contributed by atoms with Gasteiger partial charge in [0, 0.05) is 29.7 Å². The molecule has 0 aromatic heterocycles. The van der Waals surface area contributed by atoms with Crippen LogP contribution in [0.25, 0.3) is 0 Å². The Morgan fingerprint density at radius 3 is 2.30 bits per heavy atom. The molecule has 196 valence electrons. The van der Waals surface area contributed by atoms with E-state index in [-0.39, 0.29) is 11.8 Å². The zero-order chi connectivity index (χ0) is 26.6. The third kappa shape index (κ3) is 9.67. The summed E-state index contributed by atoms with van der Waals surface area (Å²) in [5.74, 6) is 0.945. The monoisotopic (exact) mass is 580 g/mol. The maximum atomic E-state index is 13.7. The van der Waals surface area contributed by atoms with Crippen molar-refractivity contribution in [2.75, 3.05) is 12.3 Å². The van der Waals surface area contributed by atoms with E-state index in [0.29, 0.717) is 25.3 Å². The second-order valence-corrected chi connectivity index (χ2v) is 11.4. The highest BCUT2D eigenvalue weighted by Gasteiger charge is 2.30. The van der Waals surface area contributed by atoms with Gasteiger partial charge in [-0.3, -0.25) is 9.59 Å². The van der Waals surface area contributed by atoms with Crippen molar-refractivity contribution in [3.8, 4) is 0 Å². The SMILES string of the molecule is CCCCNC(=O)[C@H](Cc1ccccc1)N(Cc1cccc(Br)c1)C(=O)CSCc1cc(C)cc(C)c1. The van der Waals surface area contributed by atoms with Crippen molar-refractivity contribution < 1.29 is 9.59 Å². The smallest absolute Gasteiger partial charge is 0.243 e. The first kappa shape index (κ1) is 29.0. The summed E-state index contributed by atoms with van der Waals surface area (Å²) in [6, 6.07) is 23.8. The average molecular weight is 582 g/mol. The van der Waals surface area contributed by atoms with Crippen molar-refractivity contribution in [1.29, 1.82) is 0 Å². The lowest BCUT2D eigenvalue weighted by Crippen LogP contribution is -2.51. The molecule has 0 aliphatic rings. The number of carbonyl (C=O) groups excluding carboxylic acids is 2. The van der Waals surface area contributed by atoms with Gasteiger partial charge in [-0.15, -0.1) is 11.8 Å². The van der Waals surface area contributed by atoms with E-state index in [2.05, 4.69) is 60.2 Å². The molecule has 6 heteroatoms. The van der Waals surface area contributed by atoms with Crippen molar-refractivity contribution in [2.24, 2.45) is 0 Å². The number of benzene rings is 3. The van der Waals surface area contributed by atoms with E-state index in [1.54, 1.807) is 16.7 Å². The van der Waals surface area contributed by atoms with E-state index < -0.39 is 6.04 Å². The third-order valence-corrected chi connectivity index (χ3v) is 7.60. The number of aryl methyl sites for hydroxylation is 2. The number of carbonyl (C=O) groups is 2. The molecule has 0 aliphatic heterocycles. The van der Waals surface area contributed by atoms with Crippen molar-refractivity contribution in [2.45, 2.75) is 58.4 Å². The van der Waals surface area contributed by atoms with E-state index in [1.165, 1.54) is 16.7 Å². The molecule has 4 nitrogen and oxygen atoms in total. The number of thioether (sulfide) groups is 1. The zero-order valence-corrected chi connectivity index (χ0v) is 24.4. The van der Waals surface area contributed by atoms with Crippen molar-refractivity contribution in [3.63, 3.8) is 0 Å². The standard InChI is InChI=1S/C31H37BrN2O2S/c1-4-5-14-33-31(36)29(19-25-10-7-6-8-11-25)34(20-26-12-9-13-28(32)18-26)30(35)22-37-21-27-16-23(2)15-24(3)17-27/h6-13,15-18,29H,4-5,14,19-22H2,1-3H3,(H,33,36)/t29-/m0/s1. The molecule has 1 atom stereocenters. The van der Waals surface area contributed by atoms with Crippen LogP contribution in [0, 0.1) is 13.8 Å². The second kappa shape index (κ2) is 15.0. The van der Waals surface area contributed by atoms with Gasteiger partial charge in [0.1, 0.15) is 6.04 Å². The Bertz CT molecular complexity index is 1150. The minimum absolute atomic E-state index is 0.0269. The zero-order valence-electron chi connectivity index (χ0n) is 22.0. The number of unbranched alkanes of at least 4 members (excludes halogenated alkanes) is 1. The molecule has 0 aliphatic carbocycles. The van der Waals surface area contributed by atoms with E-state index in [0.717, 1.165) is 34.2 Å². The van der Waals surface area contributed by atoms with Gasteiger partial charge >= 0.3 is 0 Å². The highest BCUT2D eigenvalue weighted by atomic mass is 79.9. The van der Waals surface area contributed by atoms with Crippen LogP contribution in [0.4, 0.5) is 0 Å². The lowest BCUT2D eigenvalue weighted by molar-refractivity contribution is -0.139. The van der Waals surface area contributed by atoms with E-state index in [9.17, 15) is 9.59 Å². The van der Waals surface area contributed by atoms with Gasteiger partial charge in [0.15, 0.2) is 0 Å². The maximum Gasteiger partial charge on any atom is 0.243 e. The quantitative estimate of drug-likeness (QED) is 0.225. The molecule has 2 amide bonds. The van der Waals surface area contributed by atoms with Crippen LogP contribution in [0.15, 0.2) is 77.3 Å². The molecule has 0 spiro atoms. The Morgan fingerprint density at radius 1 is 0.919 bits per heavy atom. The molecule has 0 fully saturated rings. The summed E-state index contributed by atoms with van der Waals surface area (Å²) in [6.45, 7) is 7.28. The number of halogens is 1. The summed E-state index contributed by atoms with van der Waals surface area (Å²) in [7, 11) is 0. The van der Waals surface area contributed by atoms with Gasteiger partial charge in [0.25, 0.3) is 0 Å². The number of hydrogen-bond acceptors (Lipinski definition) is 3. The Kier molecular flexibility index (Phi) is 11.7. The Balaban J connectivity index is 1.83. The van der Waals surface area contributed by atoms with Gasteiger partial charge in [-0.2, -0.15) is 0 Å². The molecule has 0 heterocycles. The van der Waals surface area contributed by atoms with Crippen LogP contribution in [0.1, 0.15) is 47.6 Å². The van der Waals surface area contributed by atoms with E-state index in [1.807, 2.05) is 54.6 Å². The summed E-state index contributed by atoms with van der Waals surface area (Å²) in [5.41, 5.74) is 5.69. The molecule has 3 aromatic rings. The van der Waals surface area contributed by atoms with Crippen LogP contribution in [0.3, 0.4) is 0 Å². The highest BCUT2D eigenvalue weighted by Crippen LogP contribution is 2.21. The first-order valence-electron chi connectivity index (χ1n) is 12.9. The molecule has 3 aromatic carbocycles. The Labute approximate surface area is 234 Å². The van der Waals surface area contributed by atoms with Gasteiger partial charge in [0.05, 0.1) is 5.75 Å². The highest BCUT2D eigenvalue weighted by molar-refractivity contribution is 9.10. The fraction of sp³-hybridized carbons (Fsp3) is 0.355. The number of rotatable bonds is 13. The first-order valence-corrected chi connectivity index (χ1v) is 14.8. The molecule has 37 heavy (non-hydrogen) atoms. The van der Waals surface area contributed by atoms with Crippen molar-refractivity contribution in [1.82, 2.24) is 10.2 Å². The maximum absolute atomic E-state index is 13.7. The topological polar surface area (TPSA) is 49.4 Å². The predicted octanol–water partition coefficient (Wildman–Crippen LogP) is 6.86. The van der Waals surface area contributed by atoms with Crippen LogP contribution >= 0.6 is 27.7 Å². The molecular formula is C31H37BrN2O2S. The van der Waals surface area contributed by atoms with Crippen molar-refractivity contribution in [3.05, 3.63) is 105 Å². The summed E-state index contributed by atoms with van der Waals surface area (Å²) in [5, 5.41) is 3.08. The summed E-state index contributed by atoms with van der Waals surface area (Å²) in [6.07, 6.45) is 2.38. The third-order valence-electron chi connectivity index (χ3n) is 6.12. The summed E-state index contributed by atoms with van der Waals surface area (Å²) < 4.78 is 0.952. The minimum atomic E-state index is -0.590. The van der Waals surface area contributed by atoms with Crippen LogP contribution in [0.5, 0.6) is 0 Å². The normalized spacial score (nSPS) is 11.7. The largest absolute Gasteiger partial charge is 0.354 e. The Hall–Kier alpha value is -2.57. The molecule has 0 bridgehead atoms. The van der Waals surface area contributed by atoms with Crippen LogP contribution in [-0.2, 0) is 28.3 Å². The lowest BCUT2D eigenvalue weighted by Gasteiger charge is -2.31. The van der Waals surface area contributed by atoms with Gasteiger partial charge in [-0.25, -0.2) is 0 Å². The Morgan fingerprint density at radius 2 is 1.62 bits per heavy atom. The summed E-state index contributed by atoms with van der Waals surface area (Å²) >= 11 is 5.14. The molecule has 1 N–H and O–H groups in total. The number of nitrogens with one attached hydrogen (secondary N) is 1. The average Bonchev–Trinajstić information content (AvgIpc) is 2.86. The van der Waals surface area contributed by atoms with Gasteiger partial charge < -0.3 is 10.2 Å². The lowest BCUT2D eigenvalue weighted by atomic mass is 10.0.